The molecule has 0 bridgehead atoms. The Labute approximate surface area is 140 Å². The van der Waals surface area contributed by atoms with Gasteiger partial charge in [-0.1, -0.05) is 0 Å². The topological polar surface area (TPSA) is 38.2 Å². The normalized spacial score (nSPS) is 24.4. The molecule has 7 heteroatoms. The second-order valence-corrected chi connectivity index (χ2v) is 7.04. The van der Waals surface area contributed by atoms with Crippen molar-refractivity contribution in [2.45, 2.75) is 63.3 Å². The molecule has 2 aliphatic rings. The van der Waals surface area contributed by atoms with Crippen molar-refractivity contribution in [3.05, 3.63) is 22.8 Å². The number of hydrogen-bond donors (Lipinski definition) is 0. The molecule has 4 nitrogen and oxygen atoms in total. The van der Waals surface area contributed by atoms with E-state index in [1.54, 1.807) is 0 Å². The molecule has 1 aromatic rings. The summed E-state index contributed by atoms with van der Waals surface area (Å²) < 4.78 is 46.0. The summed E-state index contributed by atoms with van der Waals surface area (Å²) in [6, 6.07) is 0. The van der Waals surface area contributed by atoms with Crippen molar-refractivity contribution in [1.29, 1.82) is 0 Å². The van der Waals surface area contributed by atoms with E-state index in [9.17, 15) is 13.2 Å². The summed E-state index contributed by atoms with van der Waals surface area (Å²) in [5.41, 5.74) is 0.154. The molecule has 0 spiro atoms. The first-order valence-corrected chi connectivity index (χ1v) is 8.59. The van der Waals surface area contributed by atoms with Crippen molar-refractivity contribution in [1.82, 2.24) is 14.9 Å². The third kappa shape index (κ3) is 4.06. The highest BCUT2D eigenvalue weighted by Gasteiger charge is 2.38. The summed E-state index contributed by atoms with van der Waals surface area (Å²) in [5, 5.41) is 0. The Kier molecular flexibility index (Phi) is 5.11. The molecule has 0 saturated carbocycles. The number of fused-ring (bicyclic) bond motifs is 1. The van der Waals surface area contributed by atoms with Crippen LogP contribution in [0.2, 0.25) is 0 Å². The Hall–Kier alpha value is -1.21. The fourth-order valence-corrected chi connectivity index (χ4v) is 3.65. The zero-order valence-corrected chi connectivity index (χ0v) is 14.2. The molecule has 3 rings (SSSR count). The van der Waals surface area contributed by atoms with Crippen molar-refractivity contribution in [3.8, 4) is 0 Å². The van der Waals surface area contributed by atoms with E-state index in [0.29, 0.717) is 30.5 Å². The Morgan fingerprint density at radius 1 is 1.08 bits per heavy atom. The number of nitrogens with zero attached hydrogens (tertiary/aromatic N) is 3. The zero-order chi connectivity index (χ0) is 17.3. The van der Waals surface area contributed by atoms with Crippen molar-refractivity contribution in [2.75, 3.05) is 20.6 Å². The third-order valence-corrected chi connectivity index (χ3v) is 4.67. The first-order chi connectivity index (χ1) is 11.3. The largest absolute Gasteiger partial charge is 0.433 e. The van der Waals surface area contributed by atoms with E-state index in [4.69, 9.17) is 4.74 Å². The smallest absolute Gasteiger partial charge is 0.373 e. The number of hydrogen-bond acceptors (Lipinski definition) is 4. The molecule has 1 aliphatic heterocycles. The van der Waals surface area contributed by atoms with Crippen molar-refractivity contribution in [2.24, 2.45) is 0 Å². The van der Waals surface area contributed by atoms with Crippen LogP contribution in [0.4, 0.5) is 13.2 Å². The monoisotopic (exact) mass is 343 g/mol. The minimum Gasteiger partial charge on any atom is -0.373 e. The predicted octanol–water partition coefficient (Wildman–Crippen LogP) is 3.03. The Balaban J connectivity index is 1.77. The van der Waals surface area contributed by atoms with Crippen LogP contribution in [0, 0.1) is 0 Å². The summed E-state index contributed by atoms with van der Waals surface area (Å²) in [7, 11) is 3.97. The van der Waals surface area contributed by atoms with Gasteiger partial charge in [-0.15, -0.1) is 0 Å². The van der Waals surface area contributed by atoms with Gasteiger partial charge < -0.3 is 9.64 Å². The lowest BCUT2D eigenvalue weighted by atomic mass is 9.94. The lowest BCUT2D eigenvalue weighted by Crippen LogP contribution is -2.27. The molecule has 2 heterocycles. The maximum absolute atomic E-state index is 13.3. The molecule has 24 heavy (non-hydrogen) atoms. The van der Waals surface area contributed by atoms with E-state index in [0.717, 1.165) is 32.2 Å². The lowest BCUT2D eigenvalue weighted by molar-refractivity contribution is -0.142. The third-order valence-electron chi connectivity index (χ3n) is 4.67. The van der Waals surface area contributed by atoms with Gasteiger partial charge in [0.15, 0.2) is 5.69 Å². The standard InChI is InChI=1S/C17H24F3N3O/c1-23(2)10-12-8-7-11(24-12)9-15-21-14-6-4-3-5-13(14)16(22-15)17(18,19)20/h11-12H,3-10H2,1-2H3/t11-,12+/m0/s1. The quantitative estimate of drug-likeness (QED) is 0.842. The van der Waals surface area contributed by atoms with Crippen molar-refractivity contribution >= 4 is 0 Å². The van der Waals surface area contributed by atoms with Crippen molar-refractivity contribution in [3.63, 3.8) is 0 Å². The van der Waals surface area contributed by atoms with Gasteiger partial charge in [0.1, 0.15) is 5.82 Å². The summed E-state index contributed by atoms with van der Waals surface area (Å²) in [6.07, 6.45) is 0.492. The molecule has 2 atom stereocenters. The van der Waals surface area contributed by atoms with Gasteiger partial charge in [0.05, 0.1) is 12.2 Å². The molecular weight excluding hydrogens is 319 g/mol. The Bertz CT molecular complexity index is 589. The van der Waals surface area contributed by atoms with Gasteiger partial charge in [0.25, 0.3) is 0 Å². The molecule has 1 fully saturated rings. The number of rotatable bonds is 4. The highest BCUT2D eigenvalue weighted by molar-refractivity contribution is 5.30. The minimum atomic E-state index is -4.41. The van der Waals surface area contributed by atoms with Gasteiger partial charge in [-0.25, -0.2) is 9.97 Å². The lowest BCUT2D eigenvalue weighted by Gasteiger charge is -2.21. The van der Waals surface area contributed by atoms with Crippen LogP contribution in [0.5, 0.6) is 0 Å². The van der Waals surface area contributed by atoms with E-state index >= 15 is 0 Å². The fraction of sp³-hybridized carbons (Fsp3) is 0.765. The number of halogens is 3. The molecule has 134 valence electrons. The van der Waals surface area contributed by atoms with Crippen molar-refractivity contribution < 1.29 is 17.9 Å². The van der Waals surface area contributed by atoms with E-state index < -0.39 is 11.9 Å². The van der Waals surface area contributed by atoms with E-state index in [1.165, 1.54) is 0 Å². The van der Waals surface area contributed by atoms with Crippen LogP contribution in [0.1, 0.15) is 48.5 Å². The molecule has 0 unspecified atom stereocenters. The van der Waals surface area contributed by atoms with Gasteiger partial charge in [0.2, 0.25) is 0 Å². The van der Waals surface area contributed by atoms with Gasteiger partial charge in [-0.2, -0.15) is 13.2 Å². The molecule has 0 radical (unpaired) electrons. The van der Waals surface area contributed by atoms with Crippen LogP contribution >= 0.6 is 0 Å². The summed E-state index contributed by atoms with van der Waals surface area (Å²) in [5.74, 6) is 0.276. The molecule has 1 saturated heterocycles. The van der Waals surface area contributed by atoms with Gasteiger partial charge >= 0.3 is 6.18 Å². The Morgan fingerprint density at radius 2 is 1.79 bits per heavy atom. The SMILES string of the molecule is CN(C)C[C@H]1CC[C@@H](Cc2nc3c(c(C(F)(F)F)n2)CCCC3)O1. The summed E-state index contributed by atoms with van der Waals surface area (Å²) in [4.78, 5) is 10.4. The van der Waals surface area contributed by atoms with Gasteiger partial charge in [-0.3, -0.25) is 0 Å². The maximum atomic E-state index is 13.3. The highest BCUT2D eigenvalue weighted by Crippen LogP contribution is 2.35. The highest BCUT2D eigenvalue weighted by atomic mass is 19.4. The molecule has 1 aliphatic carbocycles. The summed E-state index contributed by atoms with van der Waals surface area (Å²) >= 11 is 0. The van der Waals surface area contributed by atoms with Crippen LogP contribution in [-0.4, -0.2) is 47.7 Å². The molecule has 0 aromatic carbocycles. The second kappa shape index (κ2) is 6.96. The zero-order valence-electron chi connectivity index (χ0n) is 14.2. The van der Waals surface area contributed by atoms with Crippen LogP contribution in [0.25, 0.3) is 0 Å². The number of alkyl halides is 3. The first kappa shape index (κ1) is 17.6. The first-order valence-electron chi connectivity index (χ1n) is 8.59. The second-order valence-electron chi connectivity index (χ2n) is 7.04. The fourth-order valence-electron chi connectivity index (χ4n) is 3.65. The van der Waals surface area contributed by atoms with Crippen LogP contribution < -0.4 is 0 Å². The van der Waals surface area contributed by atoms with E-state index in [1.807, 2.05) is 14.1 Å². The number of aryl methyl sites for hydroxylation is 1. The molecule has 1 aromatic heterocycles. The Morgan fingerprint density at radius 3 is 2.50 bits per heavy atom. The van der Waals surface area contributed by atoms with Gasteiger partial charge in [0, 0.05) is 24.2 Å². The van der Waals surface area contributed by atoms with Crippen LogP contribution in [0.3, 0.4) is 0 Å². The van der Waals surface area contributed by atoms with E-state index in [-0.39, 0.29) is 18.0 Å². The molecule has 0 amide bonds. The number of likely N-dealkylation sites (N-methyl/N-ethyl adjacent to an activating group) is 1. The predicted molar refractivity (Wildman–Crippen MR) is 83.8 cm³/mol. The average Bonchev–Trinajstić information content (AvgIpc) is 2.91. The van der Waals surface area contributed by atoms with Crippen LogP contribution in [0.15, 0.2) is 0 Å². The summed E-state index contributed by atoms with van der Waals surface area (Å²) in [6.45, 7) is 0.829. The number of aromatic nitrogens is 2. The van der Waals surface area contributed by atoms with Gasteiger partial charge in [-0.05, 0) is 52.6 Å². The van der Waals surface area contributed by atoms with E-state index in [2.05, 4.69) is 14.9 Å². The maximum Gasteiger partial charge on any atom is 0.433 e. The minimum absolute atomic E-state index is 0.0855. The molecular formula is C17H24F3N3O. The number of ether oxygens (including phenoxy) is 1. The van der Waals surface area contributed by atoms with Crippen LogP contribution in [-0.2, 0) is 30.2 Å². The molecule has 0 N–H and O–H groups in total. The average molecular weight is 343 g/mol.